The Morgan fingerprint density at radius 2 is 2.00 bits per heavy atom. The van der Waals surface area contributed by atoms with E-state index in [0.29, 0.717) is 5.46 Å². The fourth-order valence-electron chi connectivity index (χ4n) is 1.19. The first-order valence-electron chi connectivity index (χ1n) is 3.97. The van der Waals surface area contributed by atoms with Crippen LogP contribution in [0.15, 0.2) is 24.3 Å². The lowest BCUT2D eigenvalue weighted by Gasteiger charge is -2.05. The lowest BCUT2D eigenvalue weighted by molar-refractivity contribution is 0.425. The van der Waals surface area contributed by atoms with Crippen LogP contribution in [0.4, 0.5) is 0 Å². The molecule has 2 N–H and O–H groups in total. The molecular formula is C8H11B2O2. The Morgan fingerprint density at radius 1 is 1.33 bits per heavy atom. The van der Waals surface area contributed by atoms with Crippen LogP contribution in [-0.4, -0.2) is 24.4 Å². The van der Waals surface area contributed by atoms with Gasteiger partial charge in [0.2, 0.25) is 0 Å². The van der Waals surface area contributed by atoms with Crippen LogP contribution >= 0.6 is 0 Å². The molecule has 0 aliphatic carbocycles. The summed E-state index contributed by atoms with van der Waals surface area (Å²) in [7, 11) is 0.627. The van der Waals surface area contributed by atoms with Crippen LogP contribution < -0.4 is 5.46 Å². The molecule has 0 spiro atoms. The van der Waals surface area contributed by atoms with Gasteiger partial charge in [-0.15, -0.1) is 0 Å². The summed E-state index contributed by atoms with van der Waals surface area (Å²) in [6.07, 6.45) is 0.772. The van der Waals surface area contributed by atoms with Crippen molar-refractivity contribution < 1.29 is 10.0 Å². The maximum atomic E-state index is 8.97. The summed E-state index contributed by atoms with van der Waals surface area (Å²) in [5.41, 5.74) is 1.56. The highest BCUT2D eigenvalue weighted by atomic mass is 16.4. The van der Waals surface area contributed by atoms with Gasteiger partial charge in [-0.1, -0.05) is 43.0 Å². The first-order valence-corrected chi connectivity index (χ1v) is 3.97. The molecule has 12 heavy (non-hydrogen) atoms. The lowest BCUT2D eigenvalue weighted by Crippen LogP contribution is -2.33. The molecular weight excluding hydrogens is 150 g/mol. The van der Waals surface area contributed by atoms with E-state index in [9.17, 15) is 0 Å². The molecule has 0 aliphatic heterocycles. The minimum atomic E-state index is -1.36. The fourth-order valence-corrected chi connectivity index (χ4v) is 1.19. The molecule has 1 radical (unpaired) electrons. The molecule has 2 nitrogen and oxygen atoms in total. The molecule has 0 bridgehead atoms. The van der Waals surface area contributed by atoms with Crippen LogP contribution in [0.5, 0.6) is 0 Å². The van der Waals surface area contributed by atoms with E-state index in [1.807, 2.05) is 26.2 Å². The van der Waals surface area contributed by atoms with E-state index in [-0.39, 0.29) is 0 Å². The predicted molar refractivity (Wildman–Crippen MR) is 51.6 cm³/mol. The zero-order valence-electron chi connectivity index (χ0n) is 7.07. The smallest absolute Gasteiger partial charge is 0.423 e. The van der Waals surface area contributed by atoms with Crippen molar-refractivity contribution in [3.05, 3.63) is 29.8 Å². The minimum absolute atomic E-state index is 0.593. The van der Waals surface area contributed by atoms with Crippen molar-refractivity contribution in [1.29, 1.82) is 0 Å². The third-order valence-corrected chi connectivity index (χ3v) is 1.76. The van der Waals surface area contributed by atoms with E-state index in [2.05, 4.69) is 0 Å². The third kappa shape index (κ3) is 2.13. The molecule has 0 aromatic heterocycles. The van der Waals surface area contributed by atoms with Gasteiger partial charge >= 0.3 is 7.12 Å². The number of rotatable bonds is 3. The normalized spacial score (nSPS) is 9.58. The van der Waals surface area contributed by atoms with Gasteiger partial charge in [0, 0.05) is 0 Å². The van der Waals surface area contributed by atoms with Crippen molar-refractivity contribution >= 4 is 19.9 Å². The average molecular weight is 161 g/mol. The van der Waals surface area contributed by atoms with Gasteiger partial charge in [0.15, 0.2) is 0 Å². The summed E-state index contributed by atoms with van der Waals surface area (Å²) in [4.78, 5) is 0. The monoisotopic (exact) mass is 161 g/mol. The molecule has 0 saturated heterocycles. The fraction of sp³-hybridized carbons (Fsp3) is 0.250. The highest BCUT2D eigenvalue weighted by molar-refractivity contribution is 6.59. The lowest BCUT2D eigenvalue weighted by atomic mass is 9.68. The largest absolute Gasteiger partial charge is 0.488 e. The highest BCUT2D eigenvalue weighted by Crippen LogP contribution is 1.97. The Bertz CT molecular complexity index is 251. The van der Waals surface area contributed by atoms with Gasteiger partial charge in [-0.3, -0.25) is 0 Å². The summed E-state index contributed by atoms with van der Waals surface area (Å²) in [6, 6.07) is 7.32. The molecule has 0 saturated carbocycles. The standard InChI is InChI=1S/C8H11B2O2/c1-9-6-7-4-2-3-5-8(7)10(11)12/h2-5,11-12H,6H2,1H3. The van der Waals surface area contributed by atoms with Crippen LogP contribution in [0, 0.1) is 0 Å². The third-order valence-electron chi connectivity index (χ3n) is 1.76. The zero-order valence-corrected chi connectivity index (χ0v) is 7.07. The number of hydrogen-bond donors (Lipinski definition) is 2. The van der Waals surface area contributed by atoms with Crippen LogP contribution in [0.2, 0.25) is 6.82 Å². The molecule has 0 unspecified atom stereocenters. The van der Waals surface area contributed by atoms with E-state index < -0.39 is 7.12 Å². The molecule has 1 rings (SSSR count). The SMILES string of the molecule is C[B]Cc1ccccc1B(O)O. The molecule has 1 aromatic carbocycles. The van der Waals surface area contributed by atoms with Crippen molar-refractivity contribution in [2.45, 2.75) is 13.1 Å². The van der Waals surface area contributed by atoms with Gasteiger partial charge < -0.3 is 10.0 Å². The minimum Gasteiger partial charge on any atom is -0.423 e. The highest BCUT2D eigenvalue weighted by Gasteiger charge is 2.13. The van der Waals surface area contributed by atoms with E-state index in [1.165, 1.54) is 0 Å². The first-order chi connectivity index (χ1) is 5.75. The molecule has 4 heteroatoms. The van der Waals surface area contributed by atoms with Crippen LogP contribution in [-0.2, 0) is 6.32 Å². The second-order valence-electron chi connectivity index (χ2n) is 2.68. The first kappa shape index (κ1) is 9.36. The molecule has 61 valence electrons. The van der Waals surface area contributed by atoms with Crippen molar-refractivity contribution in [3.63, 3.8) is 0 Å². The summed E-state index contributed by atoms with van der Waals surface area (Å²) in [6.45, 7) is 1.94. The van der Waals surface area contributed by atoms with E-state index in [4.69, 9.17) is 10.0 Å². The summed E-state index contributed by atoms with van der Waals surface area (Å²) in [5.74, 6) is 0. The Labute approximate surface area is 73.6 Å². The summed E-state index contributed by atoms with van der Waals surface area (Å²) in [5, 5.41) is 17.9. The maximum absolute atomic E-state index is 8.97. The van der Waals surface area contributed by atoms with Crippen molar-refractivity contribution in [2.75, 3.05) is 0 Å². The molecule has 0 heterocycles. The molecule has 0 amide bonds. The zero-order chi connectivity index (χ0) is 8.97. The van der Waals surface area contributed by atoms with Gasteiger partial charge in [0.25, 0.3) is 0 Å². The molecule has 0 aliphatic rings. The molecule has 0 atom stereocenters. The van der Waals surface area contributed by atoms with E-state index in [1.54, 1.807) is 12.1 Å². The second-order valence-corrected chi connectivity index (χ2v) is 2.68. The topological polar surface area (TPSA) is 40.5 Å². The molecule has 0 fully saturated rings. The predicted octanol–water partition coefficient (Wildman–Crippen LogP) is -0.381. The summed E-state index contributed by atoms with van der Waals surface area (Å²) < 4.78 is 0. The summed E-state index contributed by atoms with van der Waals surface area (Å²) >= 11 is 0. The Morgan fingerprint density at radius 3 is 2.58 bits per heavy atom. The van der Waals surface area contributed by atoms with Gasteiger partial charge in [-0.05, 0) is 5.46 Å². The Hall–Kier alpha value is -0.730. The van der Waals surface area contributed by atoms with Crippen LogP contribution in [0.1, 0.15) is 5.56 Å². The quantitative estimate of drug-likeness (QED) is 0.593. The average Bonchev–Trinajstić information content (AvgIpc) is 2.05. The van der Waals surface area contributed by atoms with Crippen molar-refractivity contribution in [3.8, 4) is 0 Å². The van der Waals surface area contributed by atoms with Crippen molar-refractivity contribution in [1.82, 2.24) is 0 Å². The van der Waals surface area contributed by atoms with Crippen LogP contribution in [0.25, 0.3) is 0 Å². The van der Waals surface area contributed by atoms with Crippen molar-refractivity contribution in [2.24, 2.45) is 0 Å². The van der Waals surface area contributed by atoms with Crippen LogP contribution in [0.3, 0.4) is 0 Å². The second kappa shape index (κ2) is 4.33. The Kier molecular flexibility index (Phi) is 3.38. The number of hydrogen-bond acceptors (Lipinski definition) is 2. The maximum Gasteiger partial charge on any atom is 0.488 e. The van der Waals surface area contributed by atoms with E-state index >= 15 is 0 Å². The van der Waals surface area contributed by atoms with Gasteiger partial charge in [-0.25, -0.2) is 0 Å². The Balaban J connectivity index is 2.92. The molecule has 1 aromatic rings. The van der Waals surface area contributed by atoms with Gasteiger partial charge in [-0.2, -0.15) is 0 Å². The van der Waals surface area contributed by atoms with Gasteiger partial charge in [0.1, 0.15) is 7.28 Å². The number of benzene rings is 1. The van der Waals surface area contributed by atoms with E-state index in [0.717, 1.165) is 11.9 Å². The van der Waals surface area contributed by atoms with Gasteiger partial charge in [0.05, 0.1) is 0 Å².